The molecule has 1 aliphatic carbocycles. The summed E-state index contributed by atoms with van der Waals surface area (Å²) in [5.74, 6) is 0.770. The van der Waals surface area contributed by atoms with Crippen LogP contribution in [0.15, 0.2) is 54.6 Å². The zero-order valence-corrected chi connectivity index (χ0v) is 30.8. The van der Waals surface area contributed by atoms with Crippen molar-refractivity contribution in [1.29, 1.82) is 0 Å². The maximum absolute atomic E-state index is 13.5. The van der Waals surface area contributed by atoms with Crippen LogP contribution in [0.5, 0.6) is 28.7 Å². The SMILES string of the molecule is COC(=O)[C@H]1[C@H]2C[C@@H]3c4[nH]c5cc(OC)ccc5c4CCN3C[C@H]2C[C@@H](OC(=O)c2cc(OC)c(OC)c(OC)c2)[C@@H]1OC.Cc1ccc(O)cc1. The monoisotopic (exact) mass is 716 g/mol. The first-order valence-corrected chi connectivity index (χ1v) is 17.4. The zero-order chi connectivity index (χ0) is 37.1. The number of phenols is 1. The van der Waals surface area contributed by atoms with Gasteiger partial charge in [-0.2, -0.15) is 0 Å². The van der Waals surface area contributed by atoms with Crippen molar-refractivity contribution in [3.05, 3.63) is 77.0 Å². The number of carbonyl (C=O) groups is 2. The average Bonchev–Trinajstić information content (AvgIpc) is 3.55. The molecule has 2 N–H and O–H groups in total. The number of aryl methyl sites for hydroxylation is 1. The molecule has 1 saturated heterocycles. The standard InChI is InChI=1S/C33H40N2O9.C7H8O/c1-38-19-7-8-20-21-9-10-35-16-18-13-27(44-32(36)17-11-25(39-2)30(41-4)26(12-17)40-3)31(42-5)28(33(37)43-6)22(18)15-24(35)29(21)34-23(20)14-19;1-6-2-4-7(8)5-3-6/h7-8,11-12,14,18,22,24,27-28,31,34H,9-10,13,15-16H2,1-6H3;2-5,8H,1H3/t18-,22+,24-,27-,28+,31+;/m1./s1. The number of aromatic amines is 1. The van der Waals surface area contributed by atoms with E-state index >= 15 is 0 Å². The van der Waals surface area contributed by atoms with Crippen LogP contribution in [0.25, 0.3) is 10.9 Å². The summed E-state index contributed by atoms with van der Waals surface area (Å²) in [6.45, 7) is 3.67. The number of methoxy groups -OCH3 is 6. The first kappa shape index (κ1) is 36.8. The van der Waals surface area contributed by atoms with E-state index in [2.05, 4.69) is 16.0 Å². The molecule has 0 bridgehead atoms. The summed E-state index contributed by atoms with van der Waals surface area (Å²) in [4.78, 5) is 33.1. The van der Waals surface area contributed by atoms with Gasteiger partial charge in [-0.25, -0.2) is 4.79 Å². The number of hydrogen-bond acceptors (Lipinski definition) is 11. The second-order valence-corrected chi connectivity index (χ2v) is 13.5. The van der Waals surface area contributed by atoms with Crippen molar-refractivity contribution >= 4 is 22.8 Å². The van der Waals surface area contributed by atoms with E-state index < -0.39 is 24.1 Å². The van der Waals surface area contributed by atoms with Gasteiger partial charge in [-0.05, 0) is 80.0 Å². The molecule has 6 atom stereocenters. The van der Waals surface area contributed by atoms with Crippen LogP contribution in [0, 0.1) is 24.7 Å². The number of piperidine rings is 1. The van der Waals surface area contributed by atoms with Gasteiger partial charge in [-0.1, -0.05) is 17.7 Å². The summed E-state index contributed by atoms with van der Waals surface area (Å²) < 4.78 is 39.1. The van der Waals surface area contributed by atoms with Gasteiger partial charge < -0.3 is 43.2 Å². The normalized spacial score (nSPS) is 23.5. The molecule has 12 heteroatoms. The van der Waals surface area contributed by atoms with E-state index in [1.165, 1.54) is 50.6 Å². The molecule has 52 heavy (non-hydrogen) atoms. The van der Waals surface area contributed by atoms with Gasteiger partial charge in [0.25, 0.3) is 0 Å². The molecule has 1 saturated carbocycles. The fourth-order valence-corrected chi connectivity index (χ4v) is 8.31. The predicted octanol–water partition coefficient (Wildman–Crippen LogP) is 5.87. The lowest BCUT2D eigenvalue weighted by Gasteiger charge is -2.52. The highest BCUT2D eigenvalue weighted by Crippen LogP contribution is 2.51. The topological polar surface area (TPSA) is 138 Å². The number of aromatic hydroxyl groups is 1. The number of nitrogens with one attached hydrogen (secondary N) is 1. The van der Waals surface area contributed by atoms with Crippen LogP contribution in [-0.4, -0.2) is 94.9 Å². The maximum Gasteiger partial charge on any atom is 0.338 e. The summed E-state index contributed by atoms with van der Waals surface area (Å²) >= 11 is 0. The Balaban J connectivity index is 0.000000514. The smallest absolute Gasteiger partial charge is 0.338 e. The number of H-pyrrole nitrogens is 1. The van der Waals surface area contributed by atoms with Crippen molar-refractivity contribution < 1.29 is 47.9 Å². The molecule has 4 aromatic rings. The van der Waals surface area contributed by atoms with E-state index in [0.717, 1.165) is 37.2 Å². The minimum atomic E-state index is -0.670. The van der Waals surface area contributed by atoms with Gasteiger partial charge in [-0.3, -0.25) is 9.69 Å². The Hall–Kier alpha value is -4.94. The predicted molar refractivity (Wildman–Crippen MR) is 194 cm³/mol. The Kier molecular flexibility index (Phi) is 11.2. The third kappa shape index (κ3) is 7.09. The Morgan fingerprint density at radius 2 is 1.58 bits per heavy atom. The Morgan fingerprint density at radius 3 is 2.17 bits per heavy atom. The summed E-state index contributed by atoms with van der Waals surface area (Å²) in [7, 11) is 9.10. The van der Waals surface area contributed by atoms with E-state index in [9.17, 15) is 9.59 Å². The second-order valence-electron chi connectivity index (χ2n) is 13.5. The average molecular weight is 717 g/mol. The van der Waals surface area contributed by atoms with E-state index in [-0.39, 0.29) is 29.4 Å². The van der Waals surface area contributed by atoms with Crippen LogP contribution in [-0.2, 0) is 25.4 Å². The first-order valence-electron chi connectivity index (χ1n) is 17.4. The molecular weight excluding hydrogens is 668 g/mol. The number of nitrogens with zero attached hydrogens (tertiary/aromatic N) is 1. The van der Waals surface area contributed by atoms with Gasteiger partial charge in [-0.15, -0.1) is 0 Å². The lowest BCUT2D eigenvalue weighted by molar-refractivity contribution is -0.176. The minimum absolute atomic E-state index is 0.0170. The van der Waals surface area contributed by atoms with Gasteiger partial charge in [0.2, 0.25) is 5.75 Å². The van der Waals surface area contributed by atoms with Crippen LogP contribution in [0.4, 0.5) is 0 Å². The molecule has 0 spiro atoms. The number of aromatic nitrogens is 1. The van der Waals surface area contributed by atoms with E-state index in [1.54, 1.807) is 38.5 Å². The van der Waals surface area contributed by atoms with Gasteiger partial charge in [0, 0.05) is 42.9 Å². The molecule has 12 nitrogen and oxygen atoms in total. The van der Waals surface area contributed by atoms with Crippen molar-refractivity contribution in [2.45, 2.75) is 44.4 Å². The van der Waals surface area contributed by atoms with Crippen LogP contribution in [0.1, 0.15) is 46.1 Å². The van der Waals surface area contributed by atoms with Crippen molar-refractivity contribution in [3.8, 4) is 28.7 Å². The summed E-state index contributed by atoms with van der Waals surface area (Å²) in [5.41, 5.74) is 5.00. The molecule has 2 aliphatic heterocycles. The molecule has 3 aliphatic rings. The van der Waals surface area contributed by atoms with Gasteiger partial charge in [0.05, 0.1) is 53.1 Å². The number of fused-ring (bicyclic) bond motifs is 6. The lowest BCUT2D eigenvalue weighted by Crippen LogP contribution is -2.58. The van der Waals surface area contributed by atoms with Crippen LogP contribution < -0.4 is 18.9 Å². The van der Waals surface area contributed by atoms with Crippen molar-refractivity contribution in [3.63, 3.8) is 0 Å². The molecular formula is C40H48N2O10. The van der Waals surface area contributed by atoms with Gasteiger partial charge in [0.1, 0.15) is 23.7 Å². The Morgan fingerprint density at radius 1 is 0.865 bits per heavy atom. The highest BCUT2D eigenvalue weighted by atomic mass is 16.6. The third-order valence-electron chi connectivity index (χ3n) is 10.8. The minimum Gasteiger partial charge on any atom is -0.508 e. The first-order chi connectivity index (χ1) is 25.1. The number of ether oxygens (including phenoxy) is 7. The summed E-state index contributed by atoms with van der Waals surface area (Å²) in [5, 5.41) is 9.97. The number of rotatable bonds is 8. The number of hydrogen-bond donors (Lipinski definition) is 2. The van der Waals surface area contributed by atoms with Crippen LogP contribution >= 0.6 is 0 Å². The number of phenolic OH excluding ortho intramolecular Hbond substituents is 1. The van der Waals surface area contributed by atoms with Crippen molar-refractivity contribution in [2.75, 3.05) is 55.7 Å². The maximum atomic E-state index is 13.5. The lowest BCUT2D eigenvalue weighted by atomic mass is 9.63. The molecule has 3 heterocycles. The third-order valence-corrected chi connectivity index (χ3v) is 10.8. The molecule has 7 rings (SSSR count). The van der Waals surface area contributed by atoms with Crippen LogP contribution in [0.2, 0.25) is 0 Å². The number of carbonyl (C=O) groups excluding carboxylic acids is 2. The molecule has 0 unspecified atom stereocenters. The number of benzene rings is 3. The Bertz CT molecular complexity index is 1840. The largest absolute Gasteiger partial charge is 0.508 e. The zero-order valence-electron chi connectivity index (χ0n) is 30.8. The fourth-order valence-electron chi connectivity index (χ4n) is 8.31. The van der Waals surface area contributed by atoms with E-state index in [0.29, 0.717) is 29.4 Å². The number of esters is 2. The fraction of sp³-hybridized carbons (Fsp3) is 0.450. The molecule has 1 aromatic heterocycles. The molecule has 0 radical (unpaired) electrons. The quantitative estimate of drug-likeness (QED) is 0.212. The van der Waals surface area contributed by atoms with E-state index in [1.807, 2.05) is 31.2 Å². The summed E-state index contributed by atoms with van der Waals surface area (Å²) in [6.07, 6.45) is 0.920. The highest BCUT2D eigenvalue weighted by Gasteiger charge is 2.54. The van der Waals surface area contributed by atoms with E-state index in [4.69, 9.17) is 38.3 Å². The van der Waals surface area contributed by atoms with Crippen molar-refractivity contribution in [1.82, 2.24) is 9.88 Å². The molecule has 278 valence electrons. The van der Waals surface area contributed by atoms with Gasteiger partial charge >= 0.3 is 11.9 Å². The highest BCUT2D eigenvalue weighted by molar-refractivity contribution is 5.91. The Labute approximate surface area is 303 Å². The summed E-state index contributed by atoms with van der Waals surface area (Å²) in [6, 6.07) is 16.5. The molecule has 2 fully saturated rings. The molecule has 0 amide bonds. The molecule has 3 aromatic carbocycles. The van der Waals surface area contributed by atoms with Crippen LogP contribution in [0.3, 0.4) is 0 Å². The second kappa shape index (κ2) is 15.7. The van der Waals surface area contributed by atoms with Crippen molar-refractivity contribution in [2.24, 2.45) is 17.8 Å². The van der Waals surface area contributed by atoms with Gasteiger partial charge in [0.15, 0.2) is 11.5 Å².